The summed E-state index contributed by atoms with van der Waals surface area (Å²) in [5, 5.41) is 12.4. The van der Waals surface area contributed by atoms with Crippen molar-refractivity contribution < 1.29 is 9.52 Å². The molecule has 1 N–H and O–H groups in total. The van der Waals surface area contributed by atoms with E-state index in [0.717, 1.165) is 28.6 Å². The Labute approximate surface area is 123 Å². The smallest absolute Gasteiger partial charge is 0.134 e. The zero-order chi connectivity index (χ0) is 14.4. The zero-order valence-electron chi connectivity index (χ0n) is 11.9. The highest BCUT2D eigenvalue weighted by Crippen LogP contribution is 2.37. The molecule has 106 valence electrons. The molecule has 0 spiro atoms. The third-order valence-corrected chi connectivity index (χ3v) is 4.34. The van der Waals surface area contributed by atoms with Crippen molar-refractivity contribution in [2.24, 2.45) is 0 Å². The van der Waals surface area contributed by atoms with Gasteiger partial charge in [-0.1, -0.05) is 36.4 Å². The number of nitrogens with zero attached hydrogens (tertiary/aromatic N) is 1. The van der Waals surface area contributed by atoms with Gasteiger partial charge in [0, 0.05) is 18.5 Å². The minimum absolute atomic E-state index is 0.580. The first-order chi connectivity index (χ1) is 10.2. The Balaban J connectivity index is 1.92. The van der Waals surface area contributed by atoms with E-state index < -0.39 is 5.60 Å². The first-order valence-corrected chi connectivity index (χ1v) is 7.14. The van der Waals surface area contributed by atoms with Gasteiger partial charge in [0.15, 0.2) is 0 Å². The highest BCUT2D eigenvalue weighted by atomic mass is 16.3. The van der Waals surface area contributed by atoms with Crippen molar-refractivity contribution >= 4 is 11.0 Å². The van der Waals surface area contributed by atoms with Crippen LogP contribution in [0, 0.1) is 0 Å². The van der Waals surface area contributed by atoms with Crippen molar-refractivity contribution in [2.75, 3.05) is 13.6 Å². The number of aliphatic hydroxyl groups is 1. The highest BCUT2D eigenvalue weighted by Gasteiger charge is 2.38. The molecule has 1 aliphatic heterocycles. The van der Waals surface area contributed by atoms with Crippen LogP contribution in [0.4, 0.5) is 0 Å². The molecule has 2 heterocycles. The van der Waals surface area contributed by atoms with E-state index in [1.807, 2.05) is 49.5 Å². The lowest BCUT2D eigenvalue weighted by atomic mass is 9.80. The van der Waals surface area contributed by atoms with Gasteiger partial charge in [-0.2, -0.15) is 0 Å². The van der Waals surface area contributed by atoms with Gasteiger partial charge in [-0.3, -0.25) is 4.90 Å². The maximum Gasteiger partial charge on any atom is 0.134 e. The highest BCUT2D eigenvalue weighted by molar-refractivity contribution is 5.78. The third kappa shape index (κ3) is 1.89. The lowest BCUT2D eigenvalue weighted by Crippen LogP contribution is -2.44. The van der Waals surface area contributed by atoms with Crippen LogP contribution in [-0.2, 0) is 12.1 Å². The van der Waals surface area contributed by atoms with Gasteiger partial charge in [-0.05, 0) is 35.9 Å². The van der Waals surface area contributed by atoms with Gasteiger partial charge in [0.25, 0.3) is 0 Å². The molecule has 4 rings (SSSR count). The fourth-order valence-electron chi connectivity index (χ4n) is 3.34. The van der Waals surface area contributed by atoms with E-state index in [4.69, 9.17) is 4.42 Å². The first kappa shape index (κ1) is 12.6. The molecular formula is C18H17NO2. The van der Waals surface area contributed by atoms with Gasteiger partial charge in [-0.25, -0.2) is 0 Å². The second kappa shape index (κ2) is 4.45. The van der Waals surface area contributed by atoms with Crippen LogP contribution in [0.25, 0.3) is 11.0 Å². The molecule has 0 amide bonds. The minimum atomic E-state index is -0.995. The molecule has 1 atom stereocenters. The number of furan rings is 1. The average molecular weight is 279 g/mol. The van der Waals surface area contributed by atoms with E-state index in [1.165, 1.54) is 5.56 Å². The molecule has 3 heteroatoms. The molecule has 21 heavy (non-hydrogen) atoms. The van der Waals surface area contributed by atoms with Crippen LogP contribution in [0.5, 0.6) is 0 Å². The molecule has 3 aromatic rings. The molecule has 1 aromatic heterocycles. The second-order valence-electron chi connectivity index (χ2n) is 5.86. The fourth-order valence-corrected chi connectivity index (χ4v) is 3.34. The van der Waals surface area contributed by atoms with Crippen LogP contribution in [0.2, 0.25) is 0 Å². The molecule has 1 unspecified atom stereocenters. The number of fused-ring (bicyclic) bond motifs is 2. The topological polar surface area (TPSA) is 36.6 Å². The van der Waals surface area contributed by atoms with E-state index in [9.17, 15) is 5.11 Å². The van der Waals surface area contributed by atoms with E-state index in [2.05, 4.69) is 11.0 Å². The Kier molecular flexibility index (Phi) is 2.67. The Hall–Kier alpha value is -2.10. The Bertz CT molecular complexity index is 808. The maximum absolute atomic E-state index is 11.4. The molecule has 0 bridgehead atoms. The summed E-state index contributed by atoms with van der Waals surface area (Å²) in [6.45, 7) is 1.44. The van der Waals surface area contributed by atoms with Crippen molar-refractivity contribution in [2.45, 2.75) is 12.1 Å². The normalized spacial score (nSPS) is 22.4. The molecule has 3 nitrogen and oxygen atoms in total. The lowest BCUT2D eigenvalue weighted by molar-refractivity contribution is 0.0283. The predicted octanol–water partition coefficient (Wildman–Crippen LogP) is 3.11. The number of hydrogen-bond donors (Lipinski definition) is 1. The number of benzene rings is 2. The van der Waals surface area contributed by atoms with Crippen LogP contribution in [0.15, 0.2) is 59.2 Å². The van der Waals surface area contributed by atoms with Crippen LogP contribution >= 0.6 is 0 Å². The summed E-state index contributed by atoms with van der Waals surface area (Å²) < 4.78 is 5.48. The summed E-state index contributed by atoms with van der Waals surface area (Å²) in [4.78, 5) is 2.15. The van der Waals surface area contributed by atoms with Gasteiger partial charge in [0.05, 0.1) is 6.26 Å². The van der Waals surface area contributed by atoms with E-state index in [-0.39, 0.29) is 0 Å². The molecule has 0 radical (unpaired) electrons. The predicted molar refractivity (Wildman–Crippen MR) is 82.0 cm³/mol. The largest absolute Gasteiger partial charge is 0.464 e. The van der Waals surface area contributed by atoms with E-state index in [1.54, 1.807) is 6.26 Å². The lowest BCUT2D eigenvalue weighted by Gasteiger charge is -2.39. The summed E-state index contributed by atoms with van der Waals surface area (Å²) in [6.07, 6.45) is 1.68. The number of likely N-dealkylation sites (N-methyl/N-ethyl adjacent to an activating group) is 1. The quantitative estimate of drug-likeness (QED) is 0.743. The summed E-state index contributed by atoms with van der Waals surface area (Å²) in [5.74, 6) is 0. The SMILES string of the molecule is CN1Cc2ccccc2C(O)(c2ccc3ccoc3c2)C1. The van der Waals surface area contributed by atoms with Crippen LogP contribution in [0.3, 0.4) is 0 Å². The molecule has 0 fully saturated rings. The molecular weight excluding hydrogens is 262 g/mol. The van der Waals surface area contributed by atoms with Crippen molar-refractivity contribution in [1.82, 2.24) is 4.90 Å². The van der Waals surface area contributed by atoms with Crippen molar-refractivity contribution in [3.8, 4) is 0 Å². The first-order valence-electron chi connectivity index (χ1n) is 7.14. The standard InChI is InChI=1S/C18H17NO2/c1-19-11-14-4-2-3-5-16(14)18(20,12-19)15-7-6-13-8-9-21-17(13)10-15/h2-10,20H,11-12H2,1H3. The Morgan fingerprint density at radius 1 is 1.14 bits per heavy atom. The fraction of sp³-hybridized carbons (Fsp3) is 0.222. The third-order valence-electron chi connectivity index (χ3n) is 4.34. The van der Waals surface area contributed by atoms with Gasteiger partial charge in [-0.15, -0.1) is 0 Å². The number of β-amino-alcohol motifs (C(OH)–C–C–N with tert-alkyl or cyclic N) is 1. The molecule has 0 saturated heterocycles. The molecule has 1 aliphatic rings. The Morgan fingerprint density at radius 3 is 2.90 bits per heavy atom. The van der Waals surface area contributed by atoms with Crippen molar-refractivity contribution in [3.05, 3.63) is 71.5 Å². The molecule has 0 saturated carbocycles. The second-order valence-corrected chi connectivity index (χ2v) is 5.86. The molecule has 2 aromatic carbocycles. The molecule has 0 aliphatic carbocycles. The summed E-state index contributed by atoms with van der Waals surface area (Å²) in [5.41, 5.74) is 2.86. The average Bonchev–Trinajstić information content (AvgIpc) is 2.94. The van der Waals surface area contributed by atoms with Crippen molar-refractivity contribution in [3.63, 3.8) is 0 Å². The van der Waals surface area contributed by atoms with E-state index in [0.29, 0.717) is 6.54 Å². The van der Waals surface area contributed by atoms with Gasteiger partial charge >= 0.3 is 0 Å². The van der Waals surface area contributed by atoms with Gasteiger partial charge < -0.3 is 9.52 Å². The maximum atomic E-state index is 11.4. The van der Waals surface area contributed by atoms with E-state index >= 15 is 0 Å². The number of hydrogen-bond acceptors (Lipinski definition) is 3. The van der Waals surface area contributed by atoms with Crippen LogP contribution < -0.4 is 0 Å². The van der Waals surface area contributed by atoms with Gasteiger partial charge in [0.1, 0.15) is 11.2 Å². The monoisotopic (exact) mass is 279 g/mol. The van der Waals surface area contributed by atoms with Gasteiger partial charge in [0.2, 0.25) is 0 Å². The summed E-state index contributed by atoms with van der Waals surface area (Å²) >= 11 is 0. The van der Waals surface area contributed by atoms with Crippen molar-refractivity contribution in [1.29, 1.82) is 0 Å². The summed E-state index contributed by atoms with van der Waals surface area (Å²) in [6, 6.07) is 16.0. The van der Waals surface area contributed by atoms with Crippen LogP contribution in [0.1, 0.15) is 16.7 Å². The summed E-state index contributed by atoms with van der Waals surface area (Å²) in [7, 11) is 2.03. The Morgan fingerprint density at radius 2 is 2.00 bits per heavy atom. The van der Waals surface area contributed by atoms with Crippen LogP contribution in [-0.4, -0.2) is 23.6 Å². The number of rotatable bonds is 1. The zero-order valence-corrected chi connectivity index (χ0v) is 11.9. The minimum Gasteiger partial charge on any atom is -0.464 e.